The summed E-state index contributed by atoms with van der Waals surface area (Å²) in [4.78, 5) is 15.8. The first-order valence-corrected chi connectivity index (χ1v) is 8.19. The van der Waals surface area contributed by atoms with E-state index in [-0.39, 0.29) is 5.69 Å². The molecule has 0 radical (unpaired) electrons. The lowest BCUT2D eigenvalue weighted by Crippen LogP contribution is -2.20. The van der Waals surface area contributed by atoms with Gasteiger partial charge in [-0.15, -0.1) is 11.3 Å². The maximum atomic E-state index is 10.8. The first-order valence-electron chi connectivity index (χ1n) is 7.31. The van der Waals surface area contributed by atoms with Gasteiger partial charge in [-0.2, -0.15) is 0 Å². The van der Waals surface area contributed by atoms with Gasteiger partial charge in [0.25, 0.3) is 5.69 Å². The Bertz CT molecular complexity index is 913. The molecule has 3 aromatic rings. The Labute approximate surface area is 140 Å². The highest BCUT2D eigenvalue weighted by Crippen LogP contribution is 2.35. The first kappa shape index (κ1) is 14.6. The number of amidine groups is 1. The number of nitro groups is 1. The monoisotopic (exact) mass is 340 g/mol. The van der Waals surface area contributed by atoms with Gasteiger partial charge in [-0.3, -0.25) is 15.1 Å². The molecule has 7 nitrogen and oxygen atoms in total. The zero-order valence-electron chi connectivity index (χ0n) is 12.4. The number of benzene rings is 1. The summed E-state index contributed by atoms with van der Waals surface area (Å²) in [5.41, 5.74) is 2.21. The molecule has 1 N–H and O–H groups in total. The van der Waals surface area contributed by atoms with Crippen LogP contribution in [0.2, 0.25) is 0 Å². The van der Waals surface area contributed by atoms with Crippen LogP contribution in [0.15, 0.2) is 51.3 Å². The fourth-order valence-corrected chi connectivity index (χ4v) is 3.30. The number of aliphatic imine (C=N–C) groups is 1. The van der Waals surface area contributed by atoms with Gasteiger partial charge in [0.15, 0.2) is 5.76 Å². The molecule has 4 rings (SSSR count). The van der Waals surface area contributed by atoms with Crippen LogP contribution in [0.5, 0.6) is 0 Å². The summed E-state index contributed by atoms with van der Waals surface area (Å²) in [5, 5.41) is 20.2. The predicted molar refractivity (Wildman–Crippen MR) is 91.3 cm³/mol. The van der Waals surface area contributed by atoms with E-state index in [0.29, 0.717) is 18.0 Å². The number of nitrogens with one attached hydrogen (secondary N) is 1. The van der Waals surface area contributed by atoms with E-state index in [4.69, 9.17) is 4.52 Å². The third kappa shape index (κ3) is 2.46. The summed E-state index contributed by atoms with van der Waals surface area (Å²) in [5.74, 6) is 1.40. The Morgan fingerprint density at radius 1 is 1.25 bits per heavy atom. The van der Waals surface area contributed by atoms with Gasteiger partial charge >= 0.3 is 0 Å². The van der Waals surface area contributed by atoms with Crippen LogP contribution >= 0.6 is 11.3 Å². The molecule has 8 heteroatoms. The van der Waals surface area contributed by atoms with Crippen molar-refractivity contribution in [3.8, 4) is 21.9 Å². The Morgan fingerprint density at radius 3 is 2.71 bits per heavy atom. The zero-order valence-corrected chi connectivity index (χ0v) is 13.2. The minimum absolute atomic E-state index is 0.0404. The van der Waals surface area contributed by atoms with Crippen molar-refractivity contribution in [2.45, 2.75) is 0 Å². The quantitative estimate of drug-likeness (QED) is 0.581. The molecule has 1 aliphatic rings. The summed E-state index contributed by atoms with van der Waals surface area (Å²) < 4.78 is 5.59. The summed E-state index contributed by atoms with van der Waals surface area (Å²) >= 11 is 1.56. The number of thiophene rings is 1. The molecular formula is C16H12N4O3S. The highest BCUT2D eigenvalue weighted by molar-refractivity contribution is 7.13. The smallest absolute Gasteiger partial charge is 0.269 e. The third-order valence-corrected chi connectivity index (χ3v) is 4.57. The largest absolute Gasteiger partial charge is 0.368 e. The van der Waals surface area contributed by atoms with E-state index in [1.165, 1.54) is 12.1 Å². The molecule has 0 atom stereocenters. The molecule has 1 aliphatic heterocycles. The van der Waals surface area contributed by atoms with Crippen molar-refractivity contribution in [3.05, 3.63) is 57.5 Å². The minimum Gasteiger partial charge on any atom is -0.368 e. The molecule has 0 bridgehead atoms. The van der Waals surface area contributed by atoms with Gasteiger partial charge in [-0.25, -0.2) is 0 Å². The van der Waals surface area contributed by atoms with Crippen LogP contribution in [-0.4, -0.2) is 29.0 Å². The van der Waals surface area contributed by atoms with Crippen LogP contribution in [0.3, 0.4) is 0 Å². The van der Waals surface area contributed by atoms with E-state index in [2.05, 4.69) is 15.5 Å². The van der Waals surface area contributed by atoms with E-state index in [9.17, 15) is 10.1 Å². The lowest BCUT2D eigenvalue weighted by Gasteiger charge is -2.04. The molecule has 3 heterocycles. The number of hydrogen-bond donors (Lipinski definition) is 1. The van der Waals surface area contributed by atoms with Crippen LogP contribution < -0.4 is 5.32 Å². The zero-order chi connectivity index (χ0) is 16.5. The molecule has 0 spiro atoms. The number of nitro benzene ring substituents is 1. The lowest BCUT2D eigenvalue weighted by atomic mass is 10.0. The first-order chi connectivity index (χ1) is 11.7. The van der Waals surface area contributed by atoms with Crippen LogP contribution in [0.4, 0.5) is 5.69 Å². The van der Waals surface area contributed by atoms with Crippen LogP contribution in [0.25, 0.3) is 21.9 Å². The van der Waals surface area contributed by atoms with Crippen molar-refractivity contribution in [2.75, 3.05) is 13.1 Å². The average molecular weight is 340 g/mol. The Hall–Kier alpha value is -3.00. The standard InChI is InChI=1S/C16H12N4O3S/c21-20(22)11-5-3-10(4-6-11)14-13(16-17-7-8-18-16)15(23-19-14)12-2-1-9-24-12/h1-6,9H,7-8H2,(H,17,18). The van der Waals surface area contributed by atoms with E-state index in [0.717, 1.165) is 28.4 Å². The highest BCUT2D eigenvalue weighted by Gasteiger charge is 2.25. The van der Waals surface area contributed by atoms with E-state index < -0.39 is 4.92 Å². The summed E-state index contributed by atoms with van der Waals surface area (Å²) in [6.45, 7) is 1.47. The van der Waals surface area contributed by atoms with Gasteiger partial charge in [0.1, 0.15) is 11.5 Å². The second kappa shape index (κ2) is 5.89. The topological polar surface area (TPSA) is 93.6 Å². The molecule has 0 fully saturated rings. The number of non-ortho nitro benzene ring substituents is 1. The number of rotatable bonds is 4. The molecule has 24 heavy (non-hydrogen) atoms. The van der Waals surface area contributed by atoms with E-state index in [1.54, 1.807) is 23.5 Å². The summed E-state index contributed by atoms with van der Waals surface area (Å²) in [7, 11) is 0. The molecule has 0 saturated heterocycles. The van der Waals surface area contributed by atoms with Crippen molar-refractivity contribution in [2.24, 2.45) is 4.99 Å². The predicted octanol–water partition coefficient (Wildman–Crippen LogP) is 3.33. The molecule has 120 valence electrons. The number of aromatic nitrogens is 1. The van der Waals surface area contributed by atoms with Crippen LogP contribution in [-0.2, 0) is 0 Å². The van der Waals surface area contributed by atoms with Gasteiger partial charge in [0, 0.05) is 24.2 Å². The second-order valence-electron chi connectivity index (χ2n) is 5.17. The van der Waals surface area contributed by atoms with Crippen LogP contribution in [0, 0.1) is 10.1 Å². The highest BCUT2D eigenvalue weighted by atomic mass is 32.1. The van der Waals surface area contributed by atoms with Crippen LogP contribution in [0.1, 0.15) is 5.56 Å². The molecule has 0 unspecified atom stereocenters. The summed E-state index contributed by atoms with van der Waals surface area (Å²) in [6, 6.07) is 10.2. The Morgan fingerprint density at radius 2 is 2.08 bits per heavy atom. The Balaban J connectivity index is 1.85. The fraction of sp³-hybridized carbons (Fsp3) is 0.125. The maximum Gasteiger partial charge on any atom is 0.269 e. The SMILES string of the molecule is O=[N+]([O-])c1ccc(-c2noc(-c3cccs3)c2C2=NCCN2)cc1. The van der Waals surface area contributed by atoms with Crippen molar-refractivity contribution >= 4 is 22.9 Å². The van der Waals surface area contributed by atoms with Crippen molar-refractivity contribution in [1.29, 1.82) is 0 Å². The molecule has 0 aliphatic carbocycles. The molecule has 0 amide bonds. The second-order valence-corrected chi connectivity index (χ2v) is 6.12. The van der Waals surface area contributed by atoms with Crippen molar-refractivity contribution in [1.82, 2.24) is 10.5 Å². The summed E-state index contributed by atoms with van der Waals surface area (Å²) in [6.07, 6.45) is 0. The maximum absolute atomic E-state index is 10.8. The van der Waals surface area contributed by atoms with E-state index >= 15 is 0 Å². The normalized spacial score (nSPS) is 13.6. The van der Waals surface area contributed by atoms with Gasteiger partial charge in [-0.1, -0.05) is 11.2 Å². The van der Waals surface area contributed by atoms with Gasteiger partial charge in [0.2, 0.25) is 0 Å². The molecule has 0 saturated carbocycles. The van der Waals surface area contributed by atoms with Crippen molar-refractivity contribution in [3.63, 3.8) is 0 Å². The van der Waals surface area contributed by atoms with Crippen molar-refractivity contribution < 1.29 is 9.45 Å². The minimum atomic E-state index is -0.423. The van der Waals surface area contributed by atoms with E-state index in [1.807, 2.05) is 17.5 Å². The Kier molecular flexibility index (Phi) is 3.58. The molecule has 1 aromatic carbocycles. The van der Waals surface area contributed by atoms with Gasteiger partial charge in [0.05, 0.1) is 21.9 Å². The van der Waals surface area contributed by atoms with Gasteiger partial charge < -0.3 is 9.84 Å². The van der Waals surface area contributed by atoms with Gasteiger partial charge in [-0.05, 0) is 23.6 Å². The molecule has 2 aromatic heterocycles. The number of hydrogen-bond acceptors (Lipinski definition) is 7. The average Bonchev–Trinajstić information content (AvgIpc) is 3.33. The lowest BCUT2D eigenvalue weighted by molar-refractivity contribution is -0.384. The molecular weight excluding hydrogens is 328 g/mol. The fourth-order valence-electron chi connectivity index (χ4n) is 2.59. The number of nitrogens with zero attached hydrogens (tertiary/aromatic N) is 3. The third-order valence-electron chi connectivity index (χ3n) is 3.70.